The molecule has 1 saturated carbocycles. The number of nitrogens with zero attached hydrogens (tertiary/aromatic N) is 3. The van der Waals surface area contributed by atoms with Gasteiger partial charge in [-0.3, -0.25) is 0 Å². The topological polar surface area (TPSA) is 63.7 Å². The second-order valence-electron chi connectivity index (χ2n) is 5.10. The highest BCUT2D eigenvalue weighted by molar-refractivity contribution is 14.0. The summed E-state index contributed by atoms with van der Waals surface area (Å²) in [5.74, 6) is 2.01. The Morgan fingerprint density at radius 2 is 2.14 bits per heavy atom. The van der Waals surface area contributed by atoms with Gasteiger partial charge in [-0.25, -0.2) is 9.98 Å². The van der Waals surface area contributed by atoms with E-state index in [4.69, 9.17) is 10.5 Å². The molecule has 1 aromatic rings. The van der Waals surface area contributed by atoms with E-state index in [0.717, 1.165) is 31.2 Å². The maximum atomic E-state index is 5.96. The molecular formula is C15H25IN4O. The van der Waals surface area contributed by atoms with Crippen molar-refractivity contribution in [3.8, 4) is 5.88 Å². The van der Waals surface area contributed by atoms with Crippen LogP contribution in [0.3, 0.4) is 0 Å². The van der Waals surface area contributed by atoms with Crippen LogP contribution in [0.1, 0.15) is 32.3 Å². The Balaban J connectivity index is 0.00000220. The van der Waals surface area contributed by atoms with Crippen LogP contribution in [0.25, 0.3) is 0 Å². The first-order chi connectivity index (χ1) is 9.72. The lowest BCUT2D eigenvalue weighted by atomic mass is 10.3. The lowest BCUT2D eigenvalue weighted by Crippen LogP contribution is -2.37. The van der Waals surface area contributed by atoms with Gasteiger partial charge in [-0.1, -0.05) is 0 Å². The van der Waals surface area contributed by atoms with Gasteiger partial charge in [0.2, 0.25) is 5.88 Å². The molecule has 5 nitrogen and oxygen atoms in total. The molecule has 0 aromatic carbocycles. The first kappa shape index (κ1) is 18.0. The molecule has 1 fully saturated rings. The molecule has 0 atom stereocenters. The number of guanidine groups is 1. The van der Waals surface area contributed by atoms with Gasteiger partial charge in [-0.05, 0) is 44.2 Å². The fourth-order valence-electron chi connectivity index (χ4n) is 1.94. The van der Waals surface area contributed by atoms with Crippen LogP contribution in [-0.2, 0) is 6.54 Å². The summed E-state index contributed by atoms with van der Waals surface area (Å²) in [6.45, 7) is 7.23. The average molecular weight is 404 g/mol. The van der Waals surface area contributed by atoms with Crippen LogP contribution in [0.4, 0.5) is 0 Å². The highest BCUT2D eigenvalue weighted by Crippen LogP contribution is 2.29. The molecule has 2 N–H and O–H groups in total. The molecule has 0 saturated heterocycles. The zero-order valence-electron chi connectivity index (χ0n) is 12.8. The summed E-state index contributed by atoms with van der Waals surface area (Å²) in [6, 6.07) is 3.89. The van der Waals surface area contributed by atoms with Crippen LogP contribution in [0, 0.1) is 5.92 Å². The van der Waals surface area contributed by atoms with Gasteiger partial charge < -0.3 is 15.4 Å². The number of pyridine rings is 1. The van der Waals surface area contributed by atoms with Gasteiger partial charge in [0.05, 0.1) is 13.2 Å². The van der Waals surface area contributed by atoms with Crippen LogP contribution in [-0.4, -0.2) is 35.5 Å². The highest BCUT2D eigenvalue weighted by atomic mass is 127. The third kappa shape index (κ3) is 6.07. The van der Waals surface area contributed by atoms with Gasteiger partial charge in [0, 0.05) is 25.4 Å². The normalized spacial score (nSPS) is 14.5. The number of hydrogen-bond donors (Lipinski definition) is 1. The van der Waals surface area contributed by atoms with E-state index >= 15 is 0 Å². The van der Waals surface area contributed by atoms with Crippen molar-refractivity contribution in [2.75, 3.05) is 19.7 Å². The standard InChI is InChI=1S/C15H24N4O.HI/c1-3-19(4-2)15(16)18-10-13-7-8-17-14(9-13)20-11-12-5-6-12;/h7-9,12H,3-6,10-11H2,1-2H3,(H2,16,18);1H. The SMILES string of the molecule is CCN(CC)C(N)=NCc1ccnc(OCC2CC2)c1.I. The van der Waals surface area contributed by atoms with Crippen molar-refractivity contribution in [3.63, 3.8) is 0 Å². The largest absolute Gasteiger partial charge is 0.477 e. The van der Waals surface area contributed by atoms with Crippen LogP contribution in [0.5, 0.6) is 5.88 Å². The summed E-state index contributed by atoms with van der Waals surface area (Å²) in [7, 11) is 0. The Hall–Kier alpha value is -1.05. The lowest BCUT2D eigenvalue weighted by molar-refractivity contribution is 0.288. The number of aromatic nitrogens is 1. The second-order valence-corrected chi connectivity index (χ2v) is 5.10. The zero-order valence-corrected chi connectivity index (χ0v) is 15.1. The van der Waals surface area contributed by atoms with Crippen molar-refractivity contribution in [2.24, 2.45) is 16.6 Å². The Morgan fingerprint density at radius 1 is 1.43 bits per heavy atom. The Bertz CT molecular complexity index is 459. The van der Waals surface area contributed by atoms with E-state index in [1.54, 1.807) is 6.20 Å². The van der Waals surface area contributed by atoms with E-state index in [1.165, 1.54) is 12.8 Å². The van der Waals surface area contributed by atoms with Crippen LogP contribution < -0.4 is 10.5 Å². The fourth-order valence-corrected chi connectivity index (χ4v) is 1.94. The van der Waals surface area contributed by atoms with E-state index in [1.807, 2.05) is 17.0 Å². The minimum atomic E-state index is 0. The zero-order chi connectivity index (χ0) is 14.4. The van der Waals surface area contributed by atoms with Gasteiger partial charge in [0.15, 0.2) is 5.96 Å². The number of nitrogens with two attached hydrogens (primary N) is 1. The van der Waals surface area contributed by atoms with Crippen molar-refractivity contribution in [1.29, 1.82) is 0 Å². The third-order valence-electron chi connectivity index (χ3n) is 3.47. The maximum absolute atomic E-state index is 5.96. The molecule has 21 heavy (non-hydrogen) atoms. The van der Waals surface area contributed by atoms with Crippen molar-refractivity contribution in [1.82, 2.24) is 9.88 Å². The van der Waals surface area contributed by atoms with Crippen molar-refractivity contribution < 1.29 is 4.74 Å². The average Bonchev–Trinajstić information content (AvgIpc) is 3.29. The molecule has 6 heteroatoms. The fraction of sp³-hybridized carbons (Fsp3) is 0.600. The molecule has 0 aliphatic heterocycles. The maximum Gasteiger partial charge on any atom is 0.213 e. The molecule has 1 heterocycles. The Kier molecular flexibility index (Phi) is 7.77. The van der Waals surface area contributed by atoms with Gasteiger partial charge in [0.25, 0.3) is 0 Å². The van der Waals surface area contributed by atoms with Crippen molar-refractivity contribution in [3.05, 3.63) is 23.9 Å². The molecule has 2 rings (SSSR count). The van der Waals surface area contributed by atoms with Crippen molar-refractivity contribution in [2.45, 2.75) is 33.2 Å². The van der Waals surface area contributed by atoms with Crippen LogP contribution in [0.2, 0.25) is 0 Å². The summed E-state index contributed by atoms with van der Waals surface area (Å²) in [5, 5.41) is 0. The Morgan fingerprint density at radius 3 is 2.76 bits per heavy atom. The molecule has 1 aliphatic rings. The number of aliphatic imine (C=N–C) groups is 1. The molecule has 0 spiro atoms. The van der Waals surface area contributed by atoms with Crippen molar-refractivity contribution >= 4 is 29.9 Å². The Labute approximate surface area is 144 Å². The molecule has 1 aromatic heterocycles. The van der Waals surface area contributed by atoms with E-state index in [9.17, 15) is 0 Å². The summed E-state index contributed by atoms with van der Waals surface area (Å²) < 4.78 is 5.67. The second kappa shape index (κ2) is 9.07. The quantitative estimate of drug-likeness (QED) is 0.431. The number of rotatable bonds is 7. The molecule has 0 amide bonds. The minimum absolute atomic E-state index is 0. The first-order valence-corrected chi connectivity index (χ1v) is 7.35. The summed E-state index contributed by atoms with van der Waals surface area (Å²) in [4.78, 5) is 10.7. The highest BCUT2D eigenvalue weighted by Gasteiger charge is 2.22. The molecular weight excluding hydrogens is 379 g/mol. The smallest absolute Gasteiger partial charge is 0.213 e. The third-order valence-corrected chi connectivity index (χ3v) is 3.47. The van der Waals surface area contributed by atoms with Crippen LogP contribution in [0.15, 0.2) is 23.3 Å². The molecule has 1 aliphatic carbocycles. The van der Waals surface area contributed by atoms with Gasteiger partial charge in [-0.15, -0.1) is 24.0 Å². The number of hydrogen-bond acceptors (Lipinski definition) is 3. The van der Waals surface area contributed by atoms with E-state index < -0.39 is 0 Å². The van der Waals surface area contributed by atoms with Gasteiger partial charge >= 0.3 is 0 Å². The predicted molar refractivity (Wildman–Crippen MR) is 96.1 cm³/mol. The van der Waals surface area contributed by atoms with Gasteiger partial charge in [0.1, 0.15) is 0 Å². The minimum Gasteiger partial charge on any atom is -0.477 e. The lowest BCUT2D eigenvalue weighted by Gasteiger charge is -2.19. The molecule has 0 unspecified atom stereocenters. The van der Waals surface area contributed by atoms with Gasteiger partial charge in [-0.2, -0.15) is 0 Å². The van der Waals surface area contributed by atoms with E-state index in [0.29, 0.717) is 18.4 Å². The first-order valence-electron chi connectivity index (χ1n) is 7.35. The molecule has 0 bridgehead atoms. The summed E-state index contributed by atoms with van der Waals surface area (Å²) >= 11 is 0. The number of ether oxygens (including phenoxy) is 1. The molecule has 0 radical (unpaired) electrons. The number of halogens is 1. The monoisotopic (exact) mass is 404 g/mol. The van der Waals surface area contributed by atoms with Crippen LogP contribution >= 0.6 is 24.0 Å². The molecule has 118 valence electrons. The van der Waals surface area contributed by atoms with E-state index in [2.05, 4.69) is 23.8 Å². The predicted octanol–water partition coefficient (Wildman–Crippen LogP) is 2.64. The van der Waals surface area contributed by atoms with E-state index in [-0.39, 0.29) is 24.0 Å². The summed E-state index contributed by atoms with van der Waals surface area (Å²) in [5.41, 5.74) is 7.03. The summed E-state index contributed by atoms with van der Waals surface area (Å²) in [6.07, 6.45) is 4.33.